The van der Waals surface area contributed by atoms with Gasteiger partial charge in [0.25, 0.3) is 12.9 Å². The van der Waals surface area contributed by atoms with E-state index in [0.717, 1.165) is 5.39 Å². The average molecular weight is 438 g/mol. The molecule has 4 heterocycles. The third-order valence-corrected chi connectivity index (χ3v) is 4.40. The highest BCUT2D eigenvalue weighted by Gasteiger charge is 2.13. The van der Waals surface area contributed by atoms with E-state index in [0.29, 0.717) is 46.9 Å². The molecule has 0 aromatic carbocycles. The van der Waals surface area contributed by atoms with Crippen molar-refractivity contribution in [1.82, 2.24) is 39.5 Å². The first-order chi connectivity index (χ1) is 14.8. The van der Waals surface area contributed by atoms with Crippen LogP contribution in [0.15, 0.2) is 18.6 Å². The Bertz CT molecular complexity index is 1150. The number of rotatable bonds is 6. The molecule has 0 spiro atoms. The Balaban J connectivity index is 0.000000176. The topological polar surface area (TPSA) is 87.2 Å². The molecule has 0 bridgehead atoms. The smallest absolute Gasteiger partial charge is 0.241 e. The molecule has 0 aliphatic rings. The van der Waals surface area contributed by atoms with E-state index in [9.17, 15) is 17.6 Å². The largest absolute Gasteiger partial charge is 0.258 e. The first-order valence-corrected chi connectivity index (χ1v) is 9.75. The second-order valence-corrected chi connectivity index (χ2v) is 6.67. The van der Waals surface area contributed by atoms with Crippen LogP contribution in [0.2, 0.25) is 0 Å². The van der Waals surface area contributed by atoms with Crippen LogP contribution < -0.4 is 0 Å². The average Bonchev–Trinajstić information content (AvgIpc) is 3.27. The molecule has 4 aromatic heterocycles. The zero-order valence-electron chi connectivity index (χ0n) is 17.3. The Kier molecular flexibility index (Phi) is 7.08. The Morgan fingerprint density at radius 3 is 2.00 bits per heavy atom. The molecule has 166 valence electrons. The quantitative estimate of drug-likeness (QED) is 0.428. The van der Waals surface area contributed by atoms with Crippen molar-refractivity contribution in [2.45, 2.75) is 59.6 Å². The van der Waals surface area contributed by atoms with Crippen molar-refractivity contribution >= 4 is 22.1 Å². The van der Waals surface area contributed by atoms with Crippen LogP contribution in [-0.4, -0.2) is 52.3 Å². The molecule has 0 aliphatic heterocycles. The summed E-state index contributed by atoms with van der Waals surface area (Å²) in [5.41, 5.74) is 1.64. The standard InChI is InChI=1S/C10H12F2N4.C9H10F2N4/c1-3-9-13-4-7-6(2)15-16(5-8(11)12)10(7)14-9;1-2-8-12-3-6-4-13-15(5-7(10)11)9(6)14-8/h4,8H,3,5H2,1-2H3;3-4,7H,2,5H2,1H3. The van der Waals surface area contributed by atoms with E-state index in [1.807, 2.05) is 13.8 Å². The summed E-state index contributed by atoms with van der Waals surface area (Å²) >= 11 is 0. The van der Waals surface area contributed by atoms with Crippen molar-refractivity contribution < 1.29 is 17.6 Å². The van der Waals surface area contributed by atoms with Crippen LogP contribution in [0.4, 0.5) is 17.6 Å². The van der Waals surface area contributed by atoms with Crippen molar-refractivity contribution in [3.8, 4) is 0 Å². The van der Waals surface area contributed by atoms with Crippen molar-refractivity contribution in [3.63, 3.8) is 0 Å². The molecular formula is C19H22F4N8. The number of aryl methyl sites for hydroxylation is 3. The minimum absolute atomic E-state index is 0.426. The van der Waals surface area contributed by atoms with Crippen LogP contribution in [-0.2, 0) is 25.9 Å². The summed E-state index contributed by atoms with van der Waals surface area (Å²) in [5, 5.41) is 9.31. The highest BCUT2D eigenvalue weighted by Crippen LogP contribution is 2.16. The van der Waals surface area contributed by atoms with E-state index in [-0.39, 0.29) is 0 Å². The fourth-order valence-electron chi connectivity index (χ4n) is 2.91. The molecule has 0 fully saturated rings. The Morgan fingerprint density at radius 2 is 1.39 bits per heavy atom. The van der Waals surface area contributed by atoms with Gasteiger partial charge in [-0.3, -0.25) is 0 Å². The van der Waals surface area contributed by atoms with Gasteiger partial charge in [0.15, 0.2) is 11.3 Å². The van der Waals surface area contributed by atoms with E-state index < -0.39 is 25.9 Å². The van der Waals surface area contributed by atoms with Crippen molar-refractivity contribution in [2.75, 3.05) is 0 Å². The van der Waals surface area contributed by atoms with Crippen LogP contribution in [0.1, 0.15) is 31.2 Å². The summed E-state index contributed by atoms with van der Waals surface area (Å²) < 4.78 is 51.5. The van der Waals surface area contributed by atoms with Gasteiger partial charge < -0.3 is 0 Å². The van der Waals surface area contributed by atoms with Gasteiger partial charge in [0, 0.05) is 25.2 Å². The van der Waals surface area contributed by atoms with Crippen LogP contribution in [0.25, 0.3) is 22.1 Å². The normalized spacial score (nSPS) is 11.5. The Morgan fingerprint density at radius 1 is 0.806 bits per heavy atom. The van der Waals surface area contributed by atoms with Crippen molar-refractivity contribution in [3.05, 3.63) is 35.9 Å². The van der Waals surface area contributed by atoms with Gasteiger partial charge in [-0.05, 0) is 6.92 Å². The maximum absolute atomic E-state index is 12.3. The summed E-state index contributed by atoms with van der Waals surface area (Å²) in [5.74, 6) is 1.28. The maximum Gasteiger partial charge on any atom is 0.258 e. The molecule has 8 nitrogen and oxygen atoms in total. The lowest BCUT2D eigenvalue weighted by Crippen LogP contribution is -2.09. The van der Waals surface area contributed by atoms with Gasteiger partial charge in [-0.25, -0.2) is 46.9 Å². The van der Waals surface area contributed by atoms with E-state index in [2.05, 4.69) is 30.1 Å². The molecule has 4 aromatic rings. The van der Waals surface area contributed by atoms with Gasteiger partial charge in [0.1, 0.15) is 24.7 Å². The molecule has 31 heavy (non-hydrogen) atoms. The number of halogens is 4. The zero-order chi connectivity index (χ0) is 22.5. The summed E-state index contributed by atoms with van der Waals surface area (Å²) in [6, 6.07) is 0. The van der Waals surface area contributed by atoms with Crippen molar-refractivity contribution in [1.29, 1.82) is 0 Å². The zero-order valence-corrected chi connectivity index (χ0v) is 17.3. The van der Waals surface area contributed by atoms with Crippen LogP contribution in [0.3, 0.4) is 0 Å². The molecule has 0 unspecified atom stereocenters. The van der Waals surface area contributed by atoms with E-state index in [4.69, 9.17) is 0 Å². The fourth-order valence-corrected chi connectivity index (χ4v) is 2.91. The van der Waals surface area contributed by atoms with E-state index in [1.54, 1.807) is 19.3 Å². The molecule has 0 atom stereocenters. The van der Waals surface area contributed by atoms with Gasteiger partial charge >= 0.3 is 0 Å². The van der Waals surface area contributed by atoms with Gasteiger partial charge in [0.05, 0.1) is 22.7 Å². The monoisotopic (exact) mass is 438 g/mol. The highest BCUT2D eigenvalue weighted by molar-refractivity contribution is 5.77. The fraction of sp³-hybridized carbons (Fsp3) is 0.474. The lowest BCUT2D eigenvalue weighted by Gasteiger charge is -2.01. The number of fused-ring (bicyclic) bond motifs is 2. The minimum Gasteiger partial charge on any atom is -0.241 e. The van der Waals surface area contributed by atoms with Crippen LogP contribution in [0, 0.1) is 6.92 Å². The number of hydrogen-bond donors (Lipinski definition) is 0. The number of aromatic nitrogens is 8. The Hall–Kier alpha value is -3.18. The first kappa shape index (κ1) is 22.5. The SMILES string of the molecule is CCc1ncc2c(C)nn(CC(F)F)c2n1.CCc1ncc2cnn(CC(F)F)c2n1. The molecule has 0 N–H and O–H groups in total. The molecular weight excluding hydrogens is 416 g/mol. The highest BCUT2D eigenvalue weighted by atomic mass is 19.3. The molecule has 0 aliphatic carbocycles. The maximum atomic E-state index is 12.3. The van der Waals surface area contributed by atoms with Gasteiger partial charge in [0.2, 0.25) is 0 Å². The van der Waals surface area contributed by atoms with Gasteiger partial charge in [-0.15, -0.1) is 0 Å². The predicted molar refractivity (Wildman–Crippen MR) is 106 cm³/mol. The third kappa shape index (κ3) is 5.30. The second-order valence-electron chi connectivity index (χ2n) is 6.67. The number of hydrogen-bond acceptors (Lipinski definition) is 6. The molecule has 0 amide bonds. The molecule has 0 saturated carbocycles. The first-order valence-electron chi connectivity index (χ1n) is 9.75. The minimum atomic E-state index is -2.43. The number of nitrogens with zero attached hydrogens (tertiary/aromatic N) is 8. The van der Waals surface area contributed by atoms with Crippen molar-refractivity contribution in [2.24, 2.45) is 0 Å². The predicted octanol–water partition coefficient (Wildman–Crippen LogP) is 3.62. The van der Waals surface area contributed by atoms with Crippen LogP contribution in [0.5, 0.6) is 0 Å². The summed E-state index contributed by atoms with van der Waals surface area (Å²) in [6.45, 7) is 4.74. The number of alkyl halides is 4. The molecule has 12 heteroatoms. The summed E-state index contributed by atoms with van der Waals surface area (Å²) in [4.78, 5) is 16.6. The lowest BCUT2D eigenvalue weighted by atomic mass is 10.3. The third-order valence-electron chi connectivity index (χ3n) is 4.40. The lowest BCUT2D eigenvalue weighted by molar-refractivity contribution is 0.122. The summed E-state index contributed by atoms with van der Waals surface area (Å²) in [6.07, 6.45) is 1.25. The molecule has 4 rings (SSSR count). The van der Waals surface area contributed by atoms with E-state index in [1.165, 1.54) is 15.6 Å². The Labute approximate surface area is 175 Å². The summed E-state index contributed by atoms with van der Waals surface area (Å²) in [7, 11) is 0. The van der Waals surface area contributed by atoms with E-state index >= 15 is 0 Å². The van der Waals surface area contributed by atoms with Crippen LogP contribution >= 0.6 is 0 Å². The van der Waals surface area contributed by atoms with Gasteiger partial charge in [-0.2, -0.15) is 10.2 Å². The van der Waals surface area contributed by atoms with Gasteiger partial charge in [-0.1, -0.05) is 13.8 Å². The molecule has 0 saturated heterocycles. The second kappa shape index (κ2) is 9.75. The molecule has 0 radical (unpaired) electrons.